The molecule has 0 aliphatic heterocycles. The van der Waals surface area contributed by atoms with Crippen molar-refractivity contribution in [1.29, 1.82) is 0 Å². The summed E-state index contributed by atoms with van der Waals surface area (Å²) in [6.07, 6.45) is 1.50. The summed E-state index contributed by atoms with van der Waals surface area (Å²) < 4.78 is 39.3. The molecule has 0 spiro atoms. The lowest BCUT2D eigenvalue weighted by molar-refractivity contribution is -0.0493. The molecule has 2 aromatic heterocycles. The van der Waals surface area contributed by atoms with Crippen LogP contribution in [0, 0.1) is 0 Å². The molecule has 0 saturated carbocycles. The van der Waals surface area contributed by atoms with Crippen LogP contribution in [-0.4, -0.2) is 16.8 Å². The maximum Gasteiger partial charge on any atom is 0.387 e. The summed E-state index contributed by atoms with van der Waals surface area (Å²) >= 11 is 0. The van der Waals surface area contributed by atoms with Crippen LogP contribution in [0.5, 0.6) is 5.75 Å². The van der Waals surface area contributed by atoms with Crippen LogP contribution in [0.1, 0.15) is 5.89 Å². The van der Waals surface area contributed by atoms with Crippen LogP contribution in [-0.2, 0) is 6.54 Å². The fourth-order valence-electron chi connectivity index (χ4n) is 1.81. The number of alkyl halides is 2. The molecule has 0 fully saturated rings. The predicted octanol–water partition coefficient (Wildman–Crippen LogP) is 3.54. The molecular weight excluding hydrogens is 296 g/mol. The second-order valence-electron chi connectivity index (χ2n) is 4.22. The van der Waals surface area contributed by atoms with Crippen LogP contribution < -0.4 is 10.1 Å². The van der Waals surface area contributed by atoms with Gasteiger partial charge in [-0.15, -0.1) is 0 Å². The second kappa shape index (κ2) is 6.25. The zero-order valence-electron chi connectivity index (χ0n) is 11.2. The minimum absolute atomic E-state index is 0.0447. The summed E-state index contributed by atoms with van der Waals surface area (Å²) in [6, 6.07) is 9.76. The number of ether oxygens (including phenoxy) is 1. The van der Waals surface area contributed by atoms with E-state index in [9.17, 15) is 8.78 Å². The first-order valence-electron chi connectivity index (χ1n) is 6.36. The Morgan fingerprint density at radius 1 is 1.18 bits per heavy atom. The third kappa shape index (κ3) is 3.22. The first-order chi connectivity index (χ1) is 10.7. The molecule has 0 unspecified atom stereocenters. The maximum atomic E-state index is 12.3. The highest BCUT2D eigenvalue weighted by Gasteiger charge is 2.12. The average Bonchev–Trinajstić information content (AvgIpc) is 3.17. The molecule has 1 aromatic carbocycles. The average molecular weight is 307 g/mol. The van der Waals surface area contributed by atoms with E-state index in [-0.39, 0.29) is 12.3 Å². The summed E-state index contributed by atoms with van der Waals surface area (Å²) in [6.45, 7) is -2.73. The zero-order chi connectivity index (χ0) is 15.4. The maximum absolute atomic E-state index is 12.3. The van der Waals surface area contributed by atoms with Gasteiger partial charge in [0.15, 0.2) is 5.76 Å². The lowest BCUT2D eigenvalue weighted by Crippen LogP contribution is -2.06. The van der Waals surface area contributed by atoms with Crippen molar-refractivity contribution in [2.45, 2.75) is 13.2 Å². The molecule has 2 heterocycles. The number of para-hydroxylation sites is 2. The molecule has 1 N–H and O–H groups in total. The van der Waals surface area contributed by atoms with Gasteiger partial charge in [-0.25, -0.2) is 0 Å². The third-order valence-corrected chi connectivity index (χ3v) is 2.74. The Morgan fingerprint density at radius 2 is 2.05 bits per heavy atom. The van der Waals surface area contributed by atoms with Gasteiger partial charge in [-0.1, -0.05) is 17.3 Å². The van der Waals surface area contributed by atoms with Gasteiger partial charge in [-0.05, 0) is 24.3 Å². The van der Waals surface area contributed by atoms with Gasteiger partial charge in [0, 0.05) is 0 Å². The smallest absolute Gasteiger partial charge is 0.387 e. The van der Waals surface area contributed by atoms with Crippen LogP contribution in [0.15, 0.2) is 51.6 Å². The van der Waals surface area contributed by atoms with E-state index >= 15 is 0 Å². The fraction of sp³-hybridized carbons (Fsp3) is 0.143. The van der Waals surface area contributed by atoms with Gasteiger partial charge in [0.1, 0.15) is 5.75 Å². The highest BCUT2D eigenvalue weighted by atomic mass is 19.3. The fourth-order valence-corrected chi connectivity index (χ4v) is 1.81. The molecule has 6 nitrogen and oxygen atoms in total. The SMILES string of the molecule is FC(F)Oc1ccccc1NCc1nc(-c2ccco2)no1. The highest BCUT2D eigenvalue weighted by molar-refractivity contribution is 5.56. The number of aromatic nitrogens is 2. The minimum Gasteiger partial charge on any atom is -0.461 e. The Morgan fingerprint density at radius 3 is 2.82 bits per heavy atom. The Labute approximate surface area is 123 Å². The number of halogens is 2. The lowest BCUT2D eigenvalue weighted by atomic mass is 10.3. The third-order valence-electron chi connectivity index (χ3n) is 2.74. The van der Waals surface area contributed by atoms with E-state index in [2.05, 4.69) is 20.2 Å². The van der Waals surface area contributed by atoms with Crippen molar-refractivity contribution in [3.63, 3.8) is 0 Å². The van der Waals surface area contributed by atoms with Gasteiger partial charge in [0.2, 0.25) is 11.7 Å². The summed E-state index contributed by atoms with van der Waals surface area (Å²) in [7, 11) is 0. The Bertz CT molecular complexity index is 729. The summed E-state index contributed by atoms with van der Waals surface area (Å²) in [5.74, 6) is 1.14. The molecule has 3 rings (SSSR count). The summed E-state index contributed by atoms with van der Waals surface area (Å²) in [5.41, 5.74) is 0.403. The topological polar surface area (TPSA) is 73.3 Å². The molecular formula is C14H11F2N3O3. The summed E-state index contributed by atoms with van der Waals surface area (Å²) in [4.78, 5) is 4.14. The monoisotopic (exact) mass is 307 g/mol. The van der Waals surface area contributed by atoms with E-state index in [1.165, 1.54) is 12.3 Å². The molecule has 0 aliphatic carbocycles. The number of hydrogen-bond donors (Lipinski definition) is 1. The van der Waals surface area contributed by atoms with Crippen LogP contribution in [0.25, 0.3) is 11.6 Å². The van der Waals surface area contributed by atoms with Gasteiger partial charge < -0.3 is 19.0 Å². The van der Waals surface area contributed by atoms with Crippen molar-refractivity contribution >= 4 is 5.69 Å². The van der Waals surface area contributed by atoms with Crippen molar-refractivity contribution < 1.29 is 22.5 Å². The Hall–Kier alpha value is -2.90. The summed E-state index contributed by atoms with van der Waals surface area (Å²) in [5, 5.41) is 6.68. The number of rotatable bonds is 6. The normalized spacial score (nSPS) is 10.9. The number of benzene rings is 1. The first-order valence-corrected chi connectivity index (χ1v) is 6.36. The quantitative estimate of drug-likeness (QED) is 0.751. The van der Waals surface area contributed by atoms with E-state index in [1.807, 2.05) is 0 Å². The molecule has 0 radical (unpaired) electrons. The van der Waals surface area contributed by atoms with Crippen molar-refractivity contribution in [3.05, 3.63) is 48.6 Å². The number of hydrogen-bond acceptors (Lipinski definition) is 6. The molecule has 0 saturated heterocycles. The standard InChI is InChI=1S/C14H11F2N3O3/c15-14(16)21-10-5-2-1-4-9(10)17-8-12-18-13(19-22-12)11-6-3-7-20-11/h1-7,14,17H,8H2. The van der Waals surface area contributed by atoms with E-state index < -0.39 is 6.61 Å². The predicted molar refractivity (Wildman–Crippen MR) is 72.4 cm³/mol. The molecule has 8 heteroatoms. The van der Waals surface area contributed by atoms with Crippen molar-refractivity contribution in [3.8, 4) is 17.3 Å². The molecule has 0 bridgehead atoms. The van der Waals surface area contributed by atoms with Gasteiger partial charge in [-0.2, -0.15) is 13.8 Å². The van der Waals surface area contributed by atoms with Gasteiger partial charge in [-0.3, -0.25) is 0 Å². The van der Waals surface area contributed by atoms with Gasteiger partial charge in [0.05, 0.1) is 18.5 Å². The molecule has 0 amide bonds. The Balaban J connectivity index is 1.68. The van der Waals surface area contributed by atoms with Crippen molar-refractivity contribution in [2.75, 3.05) is 5.32 Å². The van der Waals surface area contributed by atoms with Gasteiger partial charge >= 0.3 is 6.61 Å². The van der Waals surface area contributed by atoms with Crippen molar-refractivity contribution in [2.24, 2.45) is 0 Å². The minimum atomic E-state index is -2.89. The first kappa shape index (κ1) is 14.1. The van der Waals surface area contributed by atoms with Crippen molar-refractivity contribution in [1.82, 2.24) is 10.1 Å². The number of anilines is 1. The van der Waals surface area contributed by atoms with E-state index in [1.54, 1.807) is 30.3 Å². The van der Waals surface area contributed by atoms with Crippen LogP contribution >= 0.6 is 0 Å². The number of nitrogens with zero attached hydrogens (tertiary/aromatic N) is 2. The van der Waals surface area contributed by atoms with Crippen LogP contribution in [0.3, 0.4) is 0 Å². The van der Waals surface area contributed by atoms with E-state index in [4.69, 9.17) is 8.94 Å². The second-order valence-corrected chi connectivity index (χ2v) is 4.22. The molecule has 0 aliphatic rings. The molecule has 114 valence electrons. The lowest BCUT2D eigenvalue weighted by Gasteiger charge is -2.10. The Kier molecular flexibility index (Phi) is 3.99. The van der Waals surface area contributed by atoms with Crippen LogP contribution in [0.4, 0.5) is 14.5 Å². The number of furan rings is 1. The van der Waals surface area contributed by atoms with Crippen LogP contribution in [0.2, 0.25) is 0 Å². The molecule has 3 aromatic rings. The zero-order valence-corrected chi connectivity index (χ0v) is 11.2. The number of nitrogens with one attached hydrogen (secondary N) is 1. The van der Waals surface area contributed by atoms with E-state index in [0.29, 0.717) is 23.2 Å². The molecule has 0 atom stereocenters. The highest BCUT2D eigenvalue weighted by Crippen LogP contribution is 2.26. The van der Waals surface area contributed by atoms with Gasteiger partial charge in [0.25, 0.3) is 0 Å². The van der Waals surface area contributed by atoms with E-state index in [0.717, 1.165) is 0 Å². The largest absolute Gasteiger partial charge is 0.461 e. The molecule has 22 heavy (non-hydrogen) atoms.